The summed E-state index contributed by atoms with van der Waals surface area (Å²) in [5.41, 5.74) is 1.54. The van der Waals surface area contributed by atoms with Crippen molar-refractivity contribution < 1.29 is 24.9 Å². The standard InChI is InChI=1S/C14H21NO5/c1-8-4-5-12(20-3)10(6-8)11(17)7-15-13(9(2)16)14(18)19/h4-6,9,11,13,15-17H,7H2,1-3H3,(H,18,19). The van der Waals surface area contributed by atoms with Crippen LogP contribution in [-0.2, 0) is 4.79 Å². The summed E-state index contributed by atoms with van der Waals surface area (Å²) in [7, 11) is 1.50. The van der Waals surface area contributed by atoms with Crippen LogP contribution in [0.15, 0.2) is 18.2 Å². The van der Waals surface area contributed by atoms with Gasteiger partial charge in [-0.1, -0.05) is 11.6 Å². The summed E-state index contributed by atoms with van der Waals surface area (Å²) in [4.78, 5) is 10.9. The molecule has 3 atom stereocenters. The van der Waals surface area contributed by atoms with Crippen LogP contribution in [0.4, 0.5) is 0 Å². The number of carboxylic acids is 1. The number of rotatable bonds is 7. The second-order valence-electron chi connectivity index (χ2n) is 4.73. The van der Waals surface area contributed by atoms with Crippen molar-refractivity contribution in [2.45, 2.75) is 32.1 Å². The molecule has 0 fully saturated rings. The quantitative estimate of drug-likeness (QED) is 0.580. The highest BCUT2D eigenvalue weighted by Crippen LogP contribution is 2.25. The molecule has 0 saturated carbocycles. The molecule has 3 unspecified atom stereocenters. The van der Waals surface area contributed by atoms with E-state index in [1.54, 1.807) is 12.1 Å². The SMILES string of the molecule is COc1ccc(C)cc1C(O)CNC(C(=O)O)C(C)O. The largest absolute Gasteiger partial charge is 0.496 e. The van der Waals surface area contributed by atoms with Crippen LogP contribution in [0.3, 0.4) is 0 Å². The molecule has 20 heavy (non-hydrogen) atoms. The number of aliphatic carboxylic acids is 1. The van der Waals surface area contributed by atoms with E-state index in [0.29, 0.717) is 11.3 Å². The number of aliphatic hydroxyl groups is 2. The van der Waals surface area contributed by atoms with Gasteiger partial charge in [-0.3, -0.25) is 10.1 Å². The Labute approximate surface area is 118 Å². The van der Waals surface area contributed by atoms with Gasteiger partial charge in [0.1, 0.15) is 11.8 Å². The van der Waals surface area contributed by atoms with E-state index >= 15 is 0 Å². The molecule has 1 aromatic rings. The van der Waals surface area contributed by atoms with Crippen LogP contribution in [0, 0.1) is 6.92 Å². The number of ether oxygens (including phenoxy) is 1. The number of carbonyl (C=O) groups is 1. The van der Waals surface area contributed by atoms with E-state index < -0.39 is 24.2 Å². The monoisotopic (exact) mass is 283 g/mol. The Bertz CT molecular complexity index is 461. The zero-order valence-electron chi connectivity index (χ0n) is 11.8. The van der Waals surface area contributed by atoms with E-state index in [4.69, 9.17) is 9.84 Å². The molecule has 6 nitrogen and oxygen atoms in total. The smallest absolute Gasteiger partial charge is 0.323 e. The Balaban J connectivity index is 2.78. The van der Waals surface area contributed by atoms with Crippen LogP contribution in [-0.4, -0.2) is 47.1 Å². The molecule has 1 aromatic carbocycles. The topological polar surface area (TPSA) is 99.0 Å². The van der Waals surface area contributed by atoms with Crippen LogP contribution in [0.1, 0.15) is 24.2 Å². The van der Waals surface area contributed by atoms with Gasteiger partial charge in [0, 0.05) is 12.1 Å². The van der Waals surface area contributed by atoms with Crippen molar-refractivity contribution in [2.24, 2.45) is 0 Å². The number of nitrogens with one attached hydrogen (secondary N) is 1. The van der Waals surface area contributed by atoms with Crippen molar-refractivity contribution in [3.05, 3.63) is 29.3 Å². The van der Waals surface area contributed by atoms with Gasteiger partial charge in [-0.15, -0.1) is 0 Å². The van der Waals surface area contributed by atoms with Crippen LogP contribution in [0.25, 0.3) is 0 Å². The zero-order valence-corrected chi connectivity index (χ0v) is 11.8. The highest BCUT2D eigenvalue weighted by Gasteiger charge is 2.24. The Morgan fingerprint density at radius 1 is 1.40 bits per heavy atom. The Kier molecular flexibility index (Phi) is 5.94. The van der Waals surface area contributed by atoms with Gasteiger partial charge in [-0.25, -0.2) is 0 Å². The lowest BCUT2D eigenvalue weighted by molar-refractivity contribution is -0.142. The van der Waals surface area contributed by atoms with Crippen molar-refractivity contribution in [3.8, 4) is 5.75 Å². The van der Waals surface area contributed by atoms with E-state index in [0.717, 1.165) is 5.56 Å². The third kappa shape index (κ3) is 4.19. The second kappa shape index (κ2) is 7.23. The molecule has 112 valence electrons. The molecule has 0 radical (unpaired) electrons. The molecule has 6 heteroatoms. The maximum Gasteiger partial charge on any atom is 0.323 e. The minimum absolute atomic E-state index is 0.00167. The lowest BCUT2D eigenvalue weighted by Crippen LogP contribution is -2.46. The molecule has 0 heterocycles. The van der Waals surface area contributed by atoms with Gasteiger partial charge in [-0.05, 0) is 26.0 Å². The summed E-state index contributed by atoms with van der Waals surface area (Å²) in [6, 6.07) is 4.26. The van der Waals surface area contributed by atoms with Crippen molar-refractivity contribution in [2.75, 3.05) is 13.7 Å². The molecule has 0 saturated heterocycles. The van der Waals surface area contributed by atoms with Crippen LogP contribution in [0.2, 0.25) is 0 Å². The molecule has 0 bridgehead atoms. The average Bonchev–Trinajstić information content (AvgIpc) is 2.37. The molecule has 0 aliphatic rings. The minimum atomic E-state index is -1.16. The molecule has 0 aromatic heterocycles. The average molecular weight is 283 g/mol. The lowest BCUT2D eigenvalue weighted by Gasteiger charge is -2.21. The predicted molar refractivity (Wildman–Crippen MR) is 73.8 cm³/mol. The summed E-state index contributed by atoms with van der Waals surface area (Å²) in [6.45, 7) is 3.27. The summed E-state index contributed by atoms with van der Waals surface area (Å²) in [5, 5.41) is 31.1. The van der Waals surface area contributed by atoms with Gasteiger partial charge in [0.15, 0.2) is 0 Å². The molecular weight excluding hydrogens is 262 g/mol. The first-order valence-electron chi connectivity index (χ1n) is 6.33. The molecule has 0 aliphatic heterocycles. The minimum Gasteiger partial charge on any atom is -0.496 e. The highest BCUT2D eigenvalue weighted by atomic mass is 16.5. The van der Waals surface area contributed by atoms with E-state index in [2.05, 4.69) is 5.32 Å². The van der Waals surface area contributed by atoms with Gasteiger partial charge < -0.3 is 20.1 Å². The summed E-state index contributed by atoms with van der Waals surface area (Å²) < 4.78 is 5.17. The fourth-order valence-electron chi connectivity index (χ4n) is 1.93. The summed E-state index contributed by atoms with van der Waals surface area (Å²) in [6.07, 6.45) is -1.98. The Morgan fingerprint density at radius 2 is 2.05 bits per heavy atom. The summed E-state index contributed by atoms with van der Waals surface area (Å²) in [5.74, 6) is -0.628. The van der Waals surface area contributed by atoms with Gasteiger partial charge >= 0.3 is 5.97 Å². The Hall–Kier alpha value is -1.63. The van der Waals surface area contributed by atoms with Crippen molar-refractivity contribution in [1.82, 2.24) is 5.32 Å². The van der Waals surface area contributed by atoms with Gasteiger partial charge in [0.25, 0.3) is 0 Å². The van der Waals surface area contributed by atoms with Crippen LogP contribution >= 0.6 is 0 Å². The Morgan fingerprint density at radius 3 is 2.55 bits per heavy atom. The number of aryl methyl sites for hydroxylation is 1. The molecule has 0 spiro atoms. The first kappa shape index (κ1) is 16.4. The molecule has 0 aliphatic carbocycles. The van der Waals surface area contributed by atoms with E-state index in [-0.39, 0.29) is 6.54 Å². The number of methoxy groups -OCH3 is 1. The third-order valence-electron chi connectivity index (χ3n) is 3.02. The number of hydrogen-bond donors (Lipinski definition) is 4. The number of hydrogen-bond acceptors (Lipinski definition) is 5. The highest BCUT2D eigenvalue weighted by molar-refractivity contribution is 5.74. The number of aliphatic hydroxyl groups excluding tert-OH is 2. The maximum atomic E-state index is 10.9. The zero-order chi connectivity index (χ0) is 15.3. The first-order valence-corrected chi connectivity index (χ1v) is 6.33. The lowest BCUT2D eigenvalue weighted by atomic mass is 10.0. The van der Waals surface area contributed by atoms with Crippen molar-refractivity contribution >= 4 is 5.97 Å². The third-order valence-corrected chi connectivity index (χ3v) is 3.02. The van der Waals surface area contributed by atoms with Gasteiger partial charge in [0.2, 0.25) is 0 Å². The number of carboxylic acid groups (broad SMARTS) is 1. The summed E-state index contributed by atoms with van der Waals surface area (Å²) >= 11 is 0. The van der Waals surface area contributed by atoms with Gasteiger partial charge in [0.05, 0.1) is 19.3 Å². The predicted octanol–water partition coefficient (Wildman–Crippen LogP) is 0.461. The molecular formula is C14H21NO5. The van der Waals surface area contributed by atoms with Gasteiger partial charge in [-0.2, -0.15) is 0 Å². The first-order chi connectivity index (χ1) is 9.36. The number of benzene rings is 1. The van der Waals surface area contributed by atoms with E-state index in [1.165, 1.54) is 14.0 Å². The van der Waals surface area contributed by atoms with Crippen molar-refractivity contribution in [1.29, 1.82) is 0 Å². The maximum absolute atomic E-state index is 10.9. The van der Waals surface area contributed by atoms with E-state index in [1.807, 2.05) is 13.0 Å². The fraction of sp³-hybridized carbons (Fsp3) is 0.500. The van der Waals surface area contributed by atoms with Crippen LogP contribution < -0.4 is 10.1 Å². The molecule has 4 N–H and O–H groups in total. The van der Waals surface area contributed by atoms with Crippen LogP contribution in [0.5, 0.6) is 5.75 Å². The normalized spacial score (nSPS) is 15.4. The second-order valence-corrected chi connectivity index (χ2v) is 4.73. The molecule has 0 amide bonds. The molecule has 1 rings (SSSR count). The fourth-order valence-corrected chi connectivity index (χ4v) is 1.93. The van der Waals surface area contributed by atoms with E-state index in [9.17, 15) is 15.0 Å². The van der Waals surface area contributed by atoms with Crippen molar-refractivity contribution in [3.63, 3.8) is 0 Å².